The maximum atomic E-state index is 12.6. The van der Waals surface area contributed by atoms with Gasteiger partial charge >= 0.3 is 0 Å². The first-order valence-electron chi connectivity index (χ1n) is 4.37. The average Bonchev–Trinajstić information content (AvgIpc) is 2.18. The molecule has 0 amide bonds. The molecule has 1 aromatic rings. The fourth-order valence-electron chi connectivity index (χ4n) is 0.947. The smallest absolute Gasteiger partial charge is 0.214 e. The predicted octanol–water partition coefficient (Wildman–Crippen LogP) is 2.55. The van der Waals surface area contributed by atoms with Gasteiger partial charge in [-0.05, 0) is 6.07 Å². The minimum Gasteiger partial charge on any atom is -0.384 e. The van der Waals surface area contributed by atoms with E-state index in [0.717, 1.165) is 23.7 Å². The SMILES string of the molecule is C=CCSCCNc1ccnc(F)c1. The zero-order chi connectivity index (χ0) is 10.2. The number of hydrogen-bond donors (Lipinski definition) is 1. The van der Waals surface area contributed by atoms with Crippen molar-refractivity contribution in [2.75, 3.05) is 23.4 Å². The van der Waals surface area contributed by atoms with Crippen LogP contribution >= 0.6 is 11.8 Å². The summed E-state index contributed by atoms with van der Waals surface area (Å²) in [4.78, 5) is 3.47. The first-order valence-corrected chi connectivity index (χ1v) is 5.52. The molecule has 0 bridgehead atoms. The maximum Gasteiger partial charge on any atom is 0.214 e. The van der Waals surface area contributed by atoms with Gasteiger partial charge in [0.15, 0.2) is 0 Å². The maximum absolute atomic E-state index is 12.6. The molecule has 2 nitrogen and oxygen atoms in total. The van der Waals surface area contributed by atoms with E-state index in [1.54, 1.807) is 17.8 Å². The molecular formula is C10H13FN2S. The summed E-state index contributed by atoms with van der Waals surface area (Å²) >= 11 is 1.79. The number of nitrogens with one attached hydrogen (secondary N) is 1. The molecule has 1 rings (SSSR count). The van der Waals surface area contributed by atoms with Gasteiger partial charge in [0.25, 0.3) is 0 Å². The predicted molar refractivity (Wildman–Crippen MR) is 60.2 cm³/mol. The highest BCUT2D eigenvalue weighted by molar-refractivity contribution is 7.99. The molecule has 0 fully saturated rings. The largest absolute Gasteiger partial charge is 0.384 e. The van der Waals surface area contributed by atoms with Gasteiger partial charge in [-0.25, -0.2) is 4.98 Å². The molecule has 0 saturated heterocycles. The van der Waals surface area contributed by atoms with Gasteiger partial charge in [-0.1, -0.05) is 6.08 Å². The molecule has 0 aromatic carbocycles. The van der Waals surface area contributed by atoms with Crippen LogP contribution in [0.15, 0.2) is 31.0 Å². The average molecular weight is 212 g/mol. The number of aromatic nitrogens is 1. The van der Waals surface area contributed by atoms with Crippen molar-refractivity contribution in [1.29, 1.82) is 0 Å². The van der Waals surface area contributed by atoms with Crippen LogP contribution in [0.2, 0.25) is 0 Å². The second-order valence-corrected chi connectivity index (χ2v) is 3.81. The molecular weight excluding hydrogens is 199 g/mol. The molecule has 0 spiro atoms. The number of rotatable bonds is 6. The van der Waals surface area contributed by atoms with E-state index in [1.165, 1.54) is 12.3 Å². The highest BCUT2D eigenvalue weighted by Crippen LogP contribution is 2.07. The van der Waals surface area contributed by atoms with Crippen molar-refractivity contribution < 1.29 is 4.39 Å². The lowest BCUT2D eigenvalue weighted by Crippen LogP contribution is -2.04. The Bertz CT molecular complexity index is 291. The molecule has 1 N–H and O–H groups in total. The Morgan fingerprint density at radius 2 is 2.50 bits per heavy atom. The minimum atomic E-state index is -0.450. The van der Waals surface area contributed by atoms with Crippen LogP contribution in [0.3, 0.4) is 0 Å². The highest BCUT2D eigenvalue weighted by atomic mass is 32.2. The van der Waals surface area contributed by atoms with Crippen molar-refractivity contribution >= 4 is 17.4 Å². The first kappa shape index (κ1) is 11.0. The third-order valence-corrected chi connectivity index (χ3v) is 2.50. The van der Waals surface area contributed by atoms with E-state index in [4.69, 9.17) is 0 Å². The Balaban J connectivity index is 2.21. The molecule has 0 unspecified atom stereocenters. The van der Waals surface area contributed by atoms with Crippen LogP contribution in [0, 0.1) is 5.95 Å². The fraction of sp³-hybridized carbons (Fsp3) is 0.300. The summed E-state index contributed by atoms with van der Waals surface area (Å²) in [6, 6.07) is 3.14. The van der Waals surface area contributed by atoms with Crippen LogP contribution in [0.4, 0.5) is 10.1 Å². The Hall–Kier alpha value is -1.03. The molecule has 0 radical (unpaired) electrons. The van der Waals surface area contributed by atoms with Gasteiger partial charge in [0, 0.05) is 36.0 Å². The van der Waals surface area contributed by atoms with E-state index >= 15 is 0 Å². The van der Waals surface area contributed by atoms with Crippen molar-refractivity contribution in [2.24, 2.45) is 0 Å². The summed E-state index contributed by atoms with van der Waals surface area (Å²) < 4.78 is 12.6. The van der Waals surface area contributed by atoms with Crippen molar-refractivity contribution in [3.05, 3.63) is 36.9 Å². The second kappa shape index (κ2) is 6.43. The molecule has 4 heteroatoms. The third-order valence-electron chi connectivity index (χ3n) is 1.54. The van der Waals surface area contributed by atoms with E-state index in [2.05, 4.69) is 16.9 Å². The summed E-state index contributed by atoms with van der Waals surface area (Å²) in [5.41, 5.74) is 0.775. The second-order valence-electron chi connectivity index (χ2n) is 2.66. The van der Waals surface area contributed by atoms with E-state index in [1.807, 2.05) is 6.08 Å². The van der Waals surface area contributed by atoms with E-state index < -0.39 is 5.95 Å². The normalized spacial score (nSPS) is 9.79. The first-order chi connectivity index (χ1) is 6.83. The standard InChI is InChI=1S/C10H13FN2S/c1-2-6-14-7-5-12-9-3-4-13-10(11)8-9/h2-4,8H,1,5-7H2,(H,12,13). The van der Waals surface area contributed by atoms with Crippen LogP contribution in [0.1, 0.15) is 0 Å². The van der Waals surface area contributed by atoms with Crippen molar-refractivity contribution in [2.45, 2.75) is 0 Å². The highest BCUT2D eigenvalue weighted by Gasteiger charge is 1.94. The van der Waals surface area contributed by atoms with E-state index in [9.17, 15) is 4.39 Å². The van der Waals surface area contributed by atoms with E-state index in [0.29, 0.717) is 0 Å². The molecule has 0 atom stereocenters. The summed E-state index contributed by atoms with van der Waals surface area (Å²) in [7, 11) is 0. The van der Waals surface area contributed by atoms with Crippen LogP contribution in [-0.4, -0.2) is 23.0 Å². The minimum absolute atomic E-state index is 0.450. The number of hydrogen-bond acceptors (Lipinski definition) is 3. The fourth-order valence-corrected chi connectivity index (χ4v) is 1.53. The summed E-state index contributed by atoms with van der Waals surface area (Å²) in [6.07, 6.45) is 3.32. The van der Waals surface area contributed by atoms with Gasteiger partial charge in [-0.15, -0.1) is 6.58 Å². The van der Waals surface area contributed by atoms with Gasteiger partial charge in [-0.3, -0.25) is 0 Å². The Kier molecular flexibility index (Phi) is 5.07. The molecule has 14 heavy (non-hydrogen) atoms. The number of thioether (sulfide) groups is 1. The van der Waals surface area contributed by atoms with Crippen LogP contribution in [-0.2, 0) is 0 Å². The van der Waals surface area contributed by atoms with Gasteiger partial charge in [0.05, 0.1) is 0 Å². The van der Waals surface area contributed by atoms with Crippen molar-refractivity contribution in [3.8, 4) is 0 Å². The number of anilines is 1. The van der Waals surface area contributed by atoms with Crippen LogP contribution in [0.25, 0.3) is 0 Å². The topological polar surface area (TPSA) is 24.9 Å². The Morgan fingerprint density at radius 1 is 1.64 bits per heavy atom. The Labute approximate surface area is 87.6 Å². The van der Waals surface area contributed by atoms with E-state index in [-0.39, 0.29) is 0 Å². The molecule has 0 saturated carbocycles. The Morgan fingerprint density at radius 3 is 3.21 bits per heavy atom. The van der Waals surface area contributed by atoms with Crippen molar-refractivity contribution in [1.82, 2.24) is 4.98 Å². The molecule has 1 aromatic heterocycles. The molecule has 0 aliphatic carbocycles. The zero-order valence-electron chi connectivity index (χ0n) is 7.87. The van der Waals surface area contributed by atoms with Crippen LogP contribution < -0.4 is 5.32 Å². The van der Waals surface area contributed by atoms with Gasteiger partial charge in [0.1, 0.15) is 0 Å². The van der Waals surface area contributed by atoms with Crippen molar-refractivity contribution in [3.63, 3.8) is 0 Å². The number of nitrogens with zero attached hydrogens (tertiary/aromatic N) is 1. The summed E-state index contributed by atoms with van der Waals surface area (Å²) in [6.45, 7) is 4.45. The monoisotopic (exact) mass is 212 g/mol. The number of pyridine rings is 1. The lowest BCUT2D eigenvalue weighted by Gasteiger charge is -2.04. The third kappa shape index (κ3) is 4.28. The quantitative estimate of drug-likeness (QED) is 0.445. The van der Waals surface area contributed by atoms with Gasteiger partial charge in [-0.2, -0.15) is 16.2 Å². The molecule has 0 aliphatic rings. The van der Waals surface area contributed by atoms with Crippen LogP contribution in [0.5, 0.6) is 0 Å². The lowest BCUT2D eigenvalue weighted by molar-refractivity contribution is 0.584. The van der Waals surface area contributed by atoms with Gasteiger partial charge in [0.2, 0.25) is 5.95 Å². The lowest BCUT2D eigenvalue weighted by atomic mass is 10.4. The molecule has 76 valence electrons. The van der Waals surface area contributed by atoms with Gasteiger partial charge < -0.3 is 5.32 Å². The molecule has 1 heterocycles. The zero-order valence-corrected chi connectivity index (χ0v) is 8.69. The molecule has 0 aliphatic heterocycles. The summed E-state index contributed by atoms with van der Waals surface area (Å²) in [5.74, 6) is 1.48. The number of halogens is 1. The summed E-state index contributed by atoms with van der Waals surface area (Å²) in [5, 5.41) is 3.11.